The normalized spacial score (nSPS) is 20.8. The van der Waals surface area contributed by atoms with E-state index in [1.807, 2.05) is 0 Å². The number of piperidine rings is 1. The van der Waals surface area contributed by atoms with Crippen molar-refractivity contribution in [2.45, 2.75) is 43.5 Å². The van der Waals surface area contributed by atoms with Crippen molar-refractivity contribution in [2.24, 2.45) is 13.0 Å². The van der Waals surface area contributed by atoms with Crippen molar-refractivity contribution in [3.8, 4) is 0 Å². The van der Waals surface area contributed by atoms with Gasteiger partial charge in [0, 0.05) is 33.3 Å². The molecule has 10 nitrogen and oxygen atoms in total. The summed E-state index contributed by atoms with van der Waals surface area (Å²) in [5, 5.41) is 11.8. The molecule has 0 aliphatic carbocycles. The molecule has 2 aliphatic rings. The van der Waals surface area contributed by atoms with E-state index in [1.54, 1.807) is 20.2 Å². The van der Waals surface area contributed by atoms with Gasteiger partial charge in [-0.25, -0.2) is 13.1 Å². The van der Waals surface area contributed by atoms with Crippen LogP contribution in [-0.2, 0) is 21.8 Å². The lowest BCUT2D eigenvalue weighted by Gasteiger charge is -2.31. The first-order chi connectivity index (χ1) is 15.7. The quantitative estimate of drug-likeness (QED) is 0.624. The highest BCUT2D eigenvalue weighted by molar-refractivity contribution is 7.89. The summed E-state index contributed by atoms with van der Waals surface area (Å²) in [6.07, 6.45) is 4.54. The number of anilines is 1. The lowest BCUT2D eigenvalue weighted by molar-refractivity contribution is 0.0595. The first-order valence-corrected chi connectivity index (χ1v) is 13.2. The zero-order valence-electron chi connectivity index (χ0n) is 18.6. The van der Waals surface area contributed by atoms with Crippen LogP contribution in [-0.4, -0.2) is 65.1 Å². The maximum atomic E-state index is 13.1. The SMILES string of the molecule is Cc1nn(C)c(Cl)c1S(=O)(=O)N1CCC(n2ncc(NC[C@H]3CCCOC3)c(Cl)c2=O)CC1. The summed E-state index contributed by atoms with van der Waals surface area (Å²) in [5.41, 5.74) is 0.483. The molecule has 13 heteroatoms. The van der Waals surface area contributed by atoms with E-state index in [0.717, 1.165) is 19.4 Å². The molecule has 0 bridgehead atoms. The second-order valence-corrected chi connectivity index (χ2v) is 11.2. The Morgan fingerprint density at radius 3 is 2.58 bits per heavy atom. The molecule has 4 rings (SSSR count). The molecule has 0 unspecified atom stereocenters. The highest BCUT2D eigenvalue weighted by atomic mass is 35.5. The Labute approximate surface area is 202 Å². The zero-order chi connectivity index (χ0) is 23.8. The van der Waals surface area contributed by atoms with Gasteiger partial charge in [-0.1, -0.05) is 23.2 Å². The van der Waals surface area contributed by atoms with Crippen LogP contribution in [0.25, 0.3) is 0 Å². The highest BCUT2D eigenvalue weighted by Crippen LogP contribution is 2.31. The summed E-state index contributed by atoms with van der Waals surface area (Å²) in [5.74, 6) is 0.375. The molecule has 1 atom stereocenters. The number of sulfonamides is 1. The van der Waals surface area contributed by atoms with Crippen molar-refractivity contribution in [3.05, 3.63) is 32.4 Å². The maximum Gasteiger partial charge on any atom is 0.287 e. The molecule has 2 aliphatic heterocycles. The monoisotopic (exact) mass is 518 g/mol. The van der Waals surface area contributed by atoms with Crippen molar-refractivity contribution in [1.82, 2.24) is 23.9 Å². The summed E-state index contributed by atoms with van der Waals surface area (Å²) in [6, 6.07) is -0.243. The van der Waals surface area contributed by atoms with Crippen LogP contribution in [0.3, 0.4) is 0 Å². The van der Waals surface area contributed by atoms with E-state index in [9.17, 15) is 13.2 Å². The number of nitrogens with one attached hydrogen (secondary N) is 1. The molecule has 0 amide bonds. The minimum Gasteiger partial charge on any atom is -0.382 e. The van der Waals surface area contributed by atoms with Gasteiger partial charge in [-0.05, 0) is 38.5 Å². The van der Waals surface area contributed by atoms with Gasteiger partial charge in [0.15, 0.2) is 0 Å². The summed E-state index contributed by atoms with van der Waals surface area (Å²) < 4.78 is 35.8. The summed E-state index contributed by atoms with van der Waals surface area (Å²) >= 11 is 12.5. The van der Waals surface area contributed by atoms with E-state index in [-0.39, 0.29) is 39.8 Å². The molecule has 0 spiro atoms. The van der Waals surface area contributed by atoms with Crippen molar-refractivity contribution >= 4 is 38.9 Å². The van der Waals surface area contributed by atoms with Gasteiger partial charge >= 0.3 is 0 Å². The van der Waals surface area contributed by atoms with Gasteiger partial charge in [-0.3, -0.25) is 9.48 Å². The van der Waals surface area contributed by atoms with Crippen LogP contribution in [0.4, 0.5) is 5.69 Å². The number of hydrogen-bond acceptors (Lipinski definition) is 7. The summed E-state index contributed by atoms with van der Waals surface area (Å²) in [7, 11) is -2.19. The topological polar surface area (TPSA) is 111 Å². The van der Waals surface area contributed by atoms with E-state index in [1.165, 1.54) is 13.7 Å². The van der Waals surface area contributed by atoms with Crippen LogP contribution in [0, 0.1) is 12.8 Å². The Morgan fingerprint density at radius 2 is 1.97 bits per heavy atom. The van der Waals surface area contributed by atoms with Gasteiger partial charge in [0.2, 0.25) is 10.0 Å². The van der Waals surface area contributed by atoms with Gasteiger partial charge in [0.05, 0.1) is 30.2 Å². The molecule has 0 aromatic carbocycles. The van der Waals surface area contributed by atoms with E-state index >= 15 is 0 Å². The number of aromatic nitrogens is 4. The van der Waals surface area contributed by atoms with Crippen molar-refractivity contribution in [2.75, 3.05) is 38.2 Å². The number of aryl methyl sites for hydroxylation is 2. The third-order valence-corrected chi connectivity index (χ3v) is 9.21. The summed E-state index contributed by atoms with van der Waals surface area (Å²) in [6.45, 7) is 4.26. The highest BCUT2D eigenvalue weighted by Gasteiger charge is 2.35. The van der Waals surface area contributed by atoms with Crippen LogP contribution in [0.5, 0.6) is 0 Å². The predicted octanol–water partition coefficient (Wildman–Crippen LogP) is 2.46. The molecule has 0 radical (unpaired) electrons. The Morgan fingerprint density at radius 1 is 1.24 bits per heavy atom. The standard InChI is InChI=1S/C20H28Cl2N6O4S/c1-13-18(19(22)26(2)25-13)33(30,31)27-7-5-15(6-8-27)28-20(29)17(21)16(11-24-28)23-10-14-4-3-9-32-12-14/h11,14-15,23H,3-10,12H2,1-2H3/t14-/m1/s1. The van der Waals surface area contributed by atoms with Gasteiger partial charge in [-0.2, -0.15) is 14.5 Å². The van der Waals surface area contributed by atoms with Crippen LogP contribution in [0.2, 0.25) is 10.2 Å². The van der Waals surface area contributed by atoms with Crippen molar-refractivity contribution in [1.29, 1.82) is 0 Å². The van der Waals surface area contributed by atoms with Crippen molar-refractivity contribution < 1.29 is 13.2 Å². The number of nitrogens with zero attached hydrogens (tertiary/aromatic N) is 5. The fourth-order valence-electron chi connectivity index (χ4n) is 4.41. The Hall–Kier alpha value is -1.66. The van der Waals surface area contributed by atoms with Crippen molar-refractivity contribution in [3.63, 3.8) is 0 Å². The molecular weight excluding hydrogens is 491 g/mol. The average molecular weight is 519 g/mol. The van der Waals surface area contributed by atoms with Crippen LogP contribution in [0.1, 0.15) is 37.4 Å². The summed E-state index contributed by atoms with van der Waals surface area (Å²) in [4.78, 5) is 12.9. The molecular formula is C20H28Cl2N6O4S. The first-order valence-electron chi connectivity index (χ1n) is 11.0. The second kappa shape index (κ2) is 9.91. The van der Waals surface area contributed by atoms with E-state index < -0.39 is 10.0 Å². The van der Waals surface area contributed by atoms with Gasteiger partial charge in [0.1, 0.15) is 15.1 Å². The van der Waals surface area contributed by atoms with E-state index in [4.69, 9.17) is 27.9 Å². The average Bonchev–Trinajstić information content (AvgIpc) is 3.07. The molecule has 2 fully saturated rings. The Bertz CT molecular complexity index is 1170. The smallest absolute Gasteiger partial charge is 0.287 e. The zero-order valence-corrected chi connectivity index (χ0v) is 21.0. The fraction of sp³-hybridized carbons (Fsp3) is 0.650. The molecule has 2 aromatic heterocycles. The second-order valence-electron chi connectivity index (χ2n) is 8.55. The number of ether oxygens (including phenoxy) is 1. The number of hydrogen-bond donors (Lipinski definition) is 1. The molecule has 2 saturated heterocycles. The van der Waals surface area contributed by atoms with Crippen LogP contribution in [0.15, 0.2) is 15.9 Å². The van der Waals surface area contributed by atoms with Gasteiger partial charge in [-0.15, -0.1) is 0 Å². The molecule has 0 saturated carbocycles. The van der Waals surface area contributed by atoms with Crippen LogP contribution < -0.4 is 10.9 Å². The molecule has 2 aromatic rings. The van der Waals surface area contributed by atoms with E-state index in [0.29, 0.717) is 43.3 Å². The third-order valence-electron chi connectivity index (χ3n) is 6.25. The molecule has 4 heterocycles. The lowest BCUT2D eigenvalue weighted by atomic mass is 10.0. The fourth-order valence-corrected chi connectivity index (χ4v) is 6.79. The molecule has 182 valence electrons. The third kappa shape index (κ3) is 4.93. The minimum absolute atomic E-state index is 0.0299. The van der Waals surface area contributed by atoms with Gasteiger partial charge < -0.3 is 10.1 Å². The van der Waals surface area contributed by atoms with E-state index in [2.05, 4.69) is 15.5 Å². The number of halogens is 2. The number of rotatable bonds is 6. The molecule has 1 N–H and O–H groups in total. The molecule has 33 heavy (non-hydrogen) atoms. The largest absolute Gasteiger partial charge is 0.382 e. The first kappa shape index (κ1) is 24.5. The minimum atomic E-state index is -3.79. The predicted molar refractivity (Wildman–Crippen MR) is 126 cm³/mol. The Kier molecular flexibility index (Phi) is 7.35. The van der Waals surface area contributed by atoms with Gasteiger partial charge in [0.25, 0.3) is 5.56 Å². The maximum absolute atomic E-state index is 13.1. The van der Waals surface area contributed by atoms with Crippen LogP contribution >= 0.6 is 23.2 Å². The Balaban J connectivity index is 1.43. The lowest BCUT2D eigenvalue weighted by Crippen LogP contribution is -2.41.